The molecular formula is C12H20N2O3S2. The zero-order chi connectivity index (χ0) is 14.6. The van der Waals surface area contributed by atoms with Gasteiger partial charge in [-0.15, -0.1) is 11.3 Å². The van der Waals surface area contributed by atoms with Crippen LogP contribution in [-0.2, 0) is 21.2 Å². The highest BCUT2D eigenvalue weighted by Crippen LogP contribution is 2.20. The molecule has 1 aromatic rings. The summed E-state index contributed by atoms with van der Waals surface area (Å²) in [4.78, 5) is 12.6. The number of rotatable bonds is 6. The Kier molecular flexibility index (Phi) is 5.51. The average Bonchev–Trinajstić information content (AvgIpc) is 2.76. The van der Waals surface area contributed by atoms with Crippen LogP contribution in [0.2, 0.25) is 0 Å². The van der Waals surface area contributed by atoms with E-state index < -0.39 is 10.0 Å². The van der Waals surface area contributed by atoms with Gasteiger partial charge in [0.15, 0.2) is 0 Å². The number of carbonyl (C=O) groups excluding carboxylic acids is 1. The number of thiophene rings is 1. The number of primary sulfonamides is 1. The minimum absolute atomic E-state index is 0.0247. The SMILES string of the molecule is CC(C)C(C)C(=O)NCCc1ccc(S(N)(=O)=O)s1. The Morgan fingerprint density at radius 2 is 2.00 bits per heavy atom. The molecule has 0 spiro atoms. The Morgan fingerprint density at radius 1 is 1.37 bits per heavy atom. The summed E-state index contributed by atoms with van der Waals surface area (Å²) < 4.78 is 22.4. The molecule has 0 aliphatic carbocycles. The van der Waals surface area contributed by atoms with Crippen molar-refractivity contribution >= 4 is 27.3 Å². The number of nitrogens with one attached hydrogen (secondary N) is 1. The second kappa shape index (κ2) is 6.49. The van der Waals surface area contributed by atoms with Crippen LogP contribution in [-0.4, -0.2) is 20.9 Å². The molecule has 0 saturated heterocycles. The van der Waals surface area contributed by atoms with Crippen molar-refractivity contribution in [2.75, 3.05) is 6.54 Å². The van der Waals surface area contributed by atoms with Gasteiger partial charge in [0.2, 0.25) is 15.9 Å². The molecule has 1 rings (SSSR count). The van der Waals surface area contributed by atoms with E-state index in [2.05, 4.69) is 5.32 Å². The highest BCUT2D eigenvalue weighted by molar-refractivity contribution is 7.91. The molecule has 1 amide bonds. The van der Waals surface area contributed by atoms with Gasteiger partial charge in [0.05, 0.1) is 0 Å². The first kappa shape index (κ1) is 16.1. The number of carbonyl (C=O) groups is 1. The third kappa shape index (κ3) is 4.93. The fraction of sp³-hybridized carbons (Fsp3) is 0.583. The molecule has 3 N–H and O–H groups in total. The topological polar surface area (TPSA) is 89.3 Å². The highest BCUT2D eigenvalue weighted by Gasteiger charge is 2.16. The smallest absolute Gasteiger partial charge is 0.247 e. The largest absolute Gasteiger partial charge is 0.356 e. The fourth-order valence-electron chi connectivity index (χ4n) is 1.42. The fourth-order valence-corrected chi connectivity index (χ4v) is 3.20. The summed E-state index contributed by atoms with van der Waals surface area (Å²) in [6.45, 7) is 6.40. The molecule has 0 saturated carbocycles. The molecule has 108 valence electrons. The van der Waals surface area contributed by atoms with Gasteiger partial charge in [0, 0.05) is 17.3 Å². The van der Waals surface area contributed by atoms with E-state index in [1.807, 2.05) is 20.8 Å². The van der Waals surface area contributed by atoms with Gasteiger partial charge in [-0.2, -0.15) is 0 Å². The monoisotopic (exact) mass is 304 g/mol. The van der Waals surface area contributed by atoms with Crippen molar-refractivity contribution in [1.29, 1.82) is 0 Å². The predicted molar refractivity (Wildman–Crippen MR) is 76.4 cm³/mol. The molecule has 0 aromatic carbocycles. The predicted octanol–water partition coefficient (Wildman–Crippen LogP) is 1.35. The number of sulfonamides is 1. The van der Waals surface area contributed by atoms with Crippen molar-refractivity contribution in [2.45, 2.75) is 31.4 Å². The van der Waals surface area contributed by atoms with Crippen LogP contribution in [0.25, 0.3) is 0 Å². The van der Waals surface area contributed by atoms with E-state index >= 15 is 0 Å². The second-order valence-electron chi connectivity index (χ2n) is 4.84. The van der Waals surface area contributed by atoms with E-state index in [0.717, 1.165) is 16.2 Å². The minimum Gasteiger partial charge on any atom is -0.356 e. The van der Waals surface area contributed by atoms with Crippen molar-refractivity contribution in [1.82, 2.24) is 5.32 Å². The molecular weight excluding hydrogens is 284 g/mol. The van der Waals surface area contributed by atoms with Crippen LogP contribution >= 0.6 is 11.3 Å². The third-order valence-corrected chi connectivity index (χ3v) is 5.59. The first-order valence-corrected chi connectivity index (χ1v) is 8.47. The van der Waals surface area contributed by atoms with E-state index in [-0.39, 0.29) is 16.0 Å². The quantitative estimate of drug-likeness (QED) is 0.831. The van der Waals surface area contributed by atoms with Crippen LogP contribution in [0, 0.1) is 11.8 Å². The minimum atomic E-state index is -3.62. The van der Waals surface area contributed by atoms with Gasteiger partial charge in [-0.25, -0.2) is 13.6 Å². The maximum atomic E-state index is 11.7. The summed E-state index contributed by atoms with van der Waals surface area (Å²) in [5, 5.41) is 7.88. The average molecular weight is 304 g/mol. The molecule has 7 heteroatoms. The molecule has 0 bridgehead atoms. The molecule has 0 aliphatic heterocycles. The van der Waals surface area contributed by atoms with Crippen molar-refractivity contribution in [2.24, 2.45) is 17.0 Å². The highest BCUT2D eigenvalue weighted by atomic mass is 32.2. The summed E-state index contributed by atoms with van der Waals surface area (Å²) in [6.07, 6.45) is 0.608. The molecule has 1 aromatic heterocycles. The maximum absolute atomic E-state index is 11.7. The zero-order valence-corrected chi connectivity index (χ0v) is 13.0. The van der Waals surface area contributed by atoms with E-state index in [4.69, 9.17) is 5.14 Å². The summed E-state index contributed by atoms with van der Waals surface area (Å²) in [7, 11) is -3.62. The van der Waals surface area contributed by atoms with Crippen LogP contribution in [0.1, 0.15) is 25.6 Å². The van der Waals surface area contributed by atoms with Gasteiger partial charge in [0.1, 0.15) is 4.21 Å². The number of hydrogen-bond acceptors (Lipinski definition) is 4. The first-order chi connectivity index (χ1) is 8.71. The van der Waals surface area contributed by atoms with Crippen molar-refractivity contribution < 1.29 is 13.2 Å². The van der Waals surface area contributed by atoms with Crippen LogP contribution in [0.4, 0.5) is 0 Å². The Labute approximate surface area is 118 Å². The van der Waals surface area contributed by atoms with Crippen molar-refractivity contribution in [3.8, 4) is 0 Å². The normalized spacial score (nSPS) is 13.5. The first-order valence-electron chi connectivity index (χ1n) is 6.11. The van der Waals surface area contributed by atoms with Crippen LogP contribution in [0.15, 0.2) is 16.3 Å². The van der Waals surface area contributed by atoms with E-state index in [0.29, 0.717) is 18.9 Å². The summed E-state index contributed by atoms with van der Waals surface area (Å²) in [5.41, 5.74) is 0. The second-order valence-corrected chi connectivity index (χ2v) is 7.80. The molecule has 0 fully saturated rings. The van der Waals surface area contributed by atoms with Gasteiger partial charge in [0.25, 0.3) is 0 Å². The lowest BCUT2D eigenvalue weighted by atomic mass is 9.97. The lowest BCUT2D eigenvalue weighted by Gasteiger charge is -2.14. The van der Waals surface area contributed by atoms with Crippen LogP contribution < -0.4 is 10.5 Å². The lowest BCUT2D eigenvalue weighted by Crippen LogP contribution is -2.33. The Bertz CT molecular complexity index is 535. The molecule has 19 heavy (non-hydrogen) atoms. The Morgan fingerprint density at radius 3 is 2.47 bits per heavy atom. The van der Waals surface area contributed by atoms with Gasteiger partial charge in [-0.1, -0.05) is 20.8 Å². The Hall–Kier alpha value is -0.920. The van der Waals surface area contributed by atoms with Gasteiger partial charge < -0.3 is 5.32 Å². The number of nitrogens with two attached hydrogens (primary N) is 1. The molecule has 0 aliphatic rings. The number of amides is 1. The van der Waals surface area contributed by atoms with Gasteiger partial charge in [-0.05, 0) is 24.5 Å². The van der Waals surface area contributed by atoms with Gasteiger partial charge >= 0.3 is 0 Å². The van der Waals surface area contributed by atoms with Crippen molar-refractivity contribution in [3.63, 3.8) is 0 Å². The molecule has 5 nitrogen and oxygen atoms in total. The van der Waals surface area contributed by atoms with E-state index in [1.165, 1.54) is 6.07 Å². The summed E-state index contributed by atoms with van der Waals surface area (Å²) >= 11 is 1.14. The van der Waals surface area contributed by atoms with Crippen LogP contribution in [0.5, 0.6) is 0 Å². The van der Waals surface area contributed by atoms with Crippen LogP contribution in [0.3, 0.4) is 0 Å². The van der Waals surface area contributed by atoms with E-state index in [1.54, 1.807) is 6.07 Å². The molecule has 0 radical (unpaired) electrons. The number of hydrogen-bond donors (Lipinski definition) is 2. The lowest BCUT2D eigenvalue weighted by molar-refractivity contribution is -0.125. The molecule has 1 unspecified atom stereocenters. The Balaban J connectivity index is 2.46. The third-order valence-electron chi connectivity index (χ3n) is 3.00. The standard InChI is InChI=1S/C12H20N2O3S2/c1-8(2)9(3)12(15)14-7-6-10-4-5-11(18-10)19(13,16)17/h4-5,8-9H,6-7H2,1-3H3,(H,14,15)(H2,13,16,17). The maximum Gasteiger partial charge on any atom is 0.247 e. The molecule has 1 heterocycles. The van der Waals surface area contributed by atoms with Gasteiger partial charge in [-0.3, -0.25) is 4.79 Å². The van der Waals surface area contributed by atoms with Crippen molar-refractivity contribution in [3.05, 3.63) is 17.0 Å². The summed E-state index contributed by atoms with van der Waals surface area (Å²) in [5.74, 6) is 0.303. The zero-order valence-electron chi connectivity index (χ0n) is 11.3. The molecule has 1 atom stereocenters. The summed E-state index contributed by atoms with van der Waals surface area (Å²) in [6, 6.07) is 3.22. The van der Waals surface area contributed by atoms with E-state index in [9.17, 15) is 13.2 Å².